The van der Waals surface area contributed by atoms with Crippen LogP contribution in [0.25, 0.3) is 0 Å². The van der Waals surface area contributed by atoms with Crippen molar-refractivity contribution in [3.63, 3.8) is 0 Å². The second-order valence-electron chi connectivity index (χ2n) is 5.52. The number of hydrogen-bond acceptors (Lipinski definition) is 3. The highest BCUT2D eigenvalue weighted by Crippen LogP contribution is 2.29. The molecule has 1 heterocycles. The van der Waals surface area contributed by atoms with Gasteiger partial charge in [0.15, 0.2) is 0 Å². The molecule has 1 saturated heterocycles. The number of piperidine rings is 1. The molecule has 1 aliphatic heterocycles. The average molecular weight is 227 g/mol. The predicted octanol–water partition coefficient (Wildman–Crippen LogP) is 1.65. The van der Waals surface area contributed by atoms with E-state index in [0.717, 1.165) is 38.3 Å². The Morgan fingerprint density at radius 3 is 2.44 bits per heavy atom. The first kappa shape index (κ1) is 12.3. The van der Waals surface area contributed by atoms with Crippen LogP contribution < -0.4 is 0 Å². The average Bonchev–Trinajstić information content (AvgIpc) is 2.32. The third-order valence-electron chi connectivity index (χ3n) is 4.32. The van der Waals surface area contributed by atoms with E-state index >= 15 is 0 Å². The number of rotatable bonds is 2. The normalized spacial score (nSPS) is 38.8. The number of aliphatic hydroxyl groups is 1. The fourth-order valence-electron chi connectivity index (χ4n) is 3.17. The lowest BCUT2D eigenvalue weighted by Crippen LogP contribution is -2.50. The molecule has 3 unspecified atom stereocenters. The lowest BCUT2D eigenvalue weighted by Gasteiger charge is -2.42. The Labute approximate surface area is 98.8 Å². The molecule has 16 heavy (non-hydrogen) atoms. The van der Waals surface area contributed by atoms with E-state index in [1.165, 1.54) is 12.8 Å². The SMILES string of the molecule is COC1CCN(C2CC(C)CCC2O)CC1. The van der Waals surface area contributed by atoms with Gasteiger partial charge in [0.1, 0.15) is 0 Å². The third kappa shape index (κ3) is 2.76. The summed E-state index contributed by atoms with van der Waals surface area (Å²) in [5, 5.41) is 10.1. The minimum absolute atomic E-state index is 0.102. The van der Waals surface area contributed by atoms with Gasteiger partial charge in [0.25, 0.3) is 0 Å². The van der Waals surface area contributed by atoms with E-state index in [-0.39, 0.29) is 6.10 Å². The second-order valence-corrected chi connectivity index (χ2v) is 5.52. The van der Waals surface area contributed by atoms with Gasteiger partial charge >= 0.3 is 0 Å². The van der Waals surface area contributed by atoms with Crippen LogP contribution in [0.3, 0.4) is 0 Å². The van der Waals surface area contributed by atoms with Crippen molar-refractivity contribution in [2.24, 2.45) is 5.92 Å². The van der Waals surface area contributed by atoms with Gasteiger partial charge in [0.05, 0.1) is 12.2 Å². The summed E-state index contributed by atoms with van der Waals surface area (Å²) in [5.74, 6) is 0.772. The smallest absolute Gasteiger partial charge is 0.0695 e. The van der Waals surface area contributed by atoms with Gasteiger partial charge in [0.2, 0.25) is 0 Å². The Morgan fingerprint density at radius 2 is 1.81 bits per heavy atom. The first-order valence-electron chi connectivity index (χ1n) is 6.65. The molecule has 3 atom stereocenters. The molecule has 0 amide bonds. The second kappa shape index (κ2) is 5.48. The Kier molecular flexibility index (Phi) is 4.22. The van der Waals surface area contributed by atoms with Gasteiger partial charge < -0.3 is 9.84 Å². The summed E-state index contributed by atoms with van der Waals surface area (Å²) in [6, 6.07) is 0.404. The zero-order valence-corrected chi connectivity index (χ0v) is 10.6. The molecule has 0 aromatic heterocycles. The van der Waals surface area contributed by atoms with Crippen molar-refractivity contribution < 1.29 is 9.84 Å². The molecule has 1 N–H and O–H groups in total. The van der Waals surface area contributed by atoms with Crippen LogP contribution in [0.1, 0.15) is 39.0 Å². The van der Waals surface area contributed by atoms with Crippen molar-refractivity contribution in [1.82, 2.24) is 4.90 Å². The van der Waals surface area contributed by atoms with Crippen LogP contribution in [0, 0.1) is 5.92 Å². The van der Waals surface area contributed by atoms with Gasteiger partial charge in [-0.3, -0.25) is 4.90 Å². The molecule has 2 fully saturated rings. The zero-order valence-electron chi connectivity index (χ0n) is 10.6. The van der Waals surface area contributed by atoms with Crippen LogP contribution in [0.5, 0.6) is 0 Å². The number of aliphatic hydroxyl groups excluding tert-OH is 1. The number of likely N-dealkylation sites (tertiary alicyclic amines) is 1. The van der Waals surface area contributed by atoms with Crippen LogP contribution in [0.2, 0.25) is 0 Å². The molecule has 0 aromatic rings. The molecule has 1 aliphatic carbocycles. The first-order valence-corrected chi connectivity index (χ1v) is 6.65. The Hall–Kier alpha value is -0.120. The van der Waals surface area contributed by atoms with E-state index in [4.69, 9.17) is 4.74 Å². The maximum absolute atomic E-state index is 10.1. The van der Waals surface area contributed by atoms with E-state index in [1.807, 2.05) is 0 Å². The molecule has 0 radical (unpaired) electrons. The Balaban J connectivity index is 1.87. The van der Waals surface area contributed by atoms with Crippen molar-refractivity contribution in [1.29, 1.82) is 0 Å². The summed E-state index contributed by atoms with van der Waals surface area (Å²) in [6.07, 6.45) is 5.91. The molecule has 0 aromatic carbocycles. The molecular formula is C13H25NO2. The van der Waals surface area contributed by atoms with Crippen LogP contribution in [0.4, 0.5) is 0 Å². The van der Waals surface area contributed by atoms with E-state index in [1.54, 1.807) is 7.11 Å². The largest absolute Gasteiger partial charge is 0.391 e. The standard InChI is InChI=1S/C13H25NO2/c1-10-3-4-13(15)12(9-10)14-7-5-11(16-2)6-8-14/h10-13,15H,3-9H2,1-2H3. The van der Waals surface area contributed by atoms with Crippen molar-refractivity contribution in [3.8, 4) is 0 Å². The maximum Gasteiger partial charge on any atom is 0.0695 e. The highest BCUT2D eigenvalue weighted by molar-refractivity contribution is 4.88. The monoisotopic (exact) mass is 227 g/mol. The molecule has 3 nitrogen and oxygen atoms in total. The fourth-order valence-corrected chi connectivity index (χ4v) is 3.17. The summed E-state index contributed by atoms with van der Waals surface area (Å²) >= 11 is 0. The summed E-state index contributed by atoms with van der Waals surface area (Å²) in [4.78, 5) is 2.48. The minimum atomic E-state index is -0.102. The summed E-state index contributed by atoms with van der Waals surface area (Å²) < 4.78 is 5.39. The van der Waals surface area contributed by atoms with Gasteiger partial charge in [-0.15, -0.1) is 0 Å². The van der Waals surface area contributed by atoms with E-state index in [9.17, 15) is 5.11 Å². The molecule has 0 bridgehead atoms. The van der Waals surface area contributed by atoms with Crippen LogP contribution in [0.15, 0.2) is 0 Å². The van der Waals surface area contributed by atoms with Crippen molar-refractivity contribution in [2.75, 3.05) is 20.2 Å². The number of nitrogens with zero attached hydrogens (tertiary/aromatic N) is 1. The summed E-state index contributed by atoms with van der Waals surface area (Å²) in [7, 11) is 1.80. The van der Waals surface area contributed by atoms with Gasteiger partial charge in [-0.25, -0.2) is 0 Å². The Bertz CT molecular complexity index is 214. The summed E-state index contributed by atoms with van der Waals surface area (Å²) in [5.41, 5.74) is 0. The zero-order chi connectivity index (χ0) is 11.5. The lowest BCUT2D eigenvalue weighted by atomic mass is 9.83. The lowest BCUT2D eigenvalue weighted by molar-refractivity contribution is -0.0300. The van der Waals surface area contributed by atoms with Crippen LogP contribution >= 0.6 is 0 Å². The fraction of sp³-hybridized carbons (Fsp3) is 1.00. The third-order valence-corrected chi connectivity index (χ3v) is 4.32. The van der Waals surface area contributed by atoms with E-state index in [2.05, 4.69) is 11.8 Å². The molecule has 2 aliphatic rings. The number of hydrogen-bond donors (Lipinski definition) is 1. The van der Waals surface area contributed by atoms with E-state index < -0.39 is 0 Å². The van der Waals surface area contributed by atoms with Gasteiger partial charge in [-0.2, -0.15) is 0 Å². The van der Waals surface area contributed by atoms with Crippen LogP contribution in [-0.4, -0.2) is 48.5 Å². The Morgan fingerprint density at radius 1 is 1.12 bits per heavy atom. The highest BCUT2D eigenvalue weighted by atomic mass is 16.5. The quantitative estimate of drug-likeness (QED) is 0.778. The van der Waals surface area contributed by atoms with Crippen molar-refractivity contribution in [3.05, 3.63) is 0 Å². The minimum Gasteiger partial charge on any atom is -0.391 e. The molecule has 94 valence electrons. The van der Waals surface area contributed by atoms with Crippen molar-refractivity contribution in [2.45, 2.75) is 57.3 Å². The summed E-state index contributed by atoms with van der Waals surface area (Å²) in [6.45, 7) is 4.49. The molecule has 0 spiro atoms. The van der Waals surface area contributed by atoms with Crippen LogP contribution in [-0.2, 0) is 4.74 Å². The number of methoxy groups -OCH3 is 1. The molecular weight excluding hydrogens is 202 g/mol. The molecule has 1 saturated carbocycles. The van der Waals surface area contributed by atoms with Crippen molar-refractivity contribution >= 4 is 0 Å². The van der Waals surface area contributed by atoms with Gasteiger partial charge in [-0.05, 0) is 38.0 Å². The maximum atomic E-state index is 10.1. The topological polar surface area (TPSA) is 32.7 Å². The molecule has 3 heteroatoms. The molecule has 2 rings (SSSR count). The van der Waals surface area contributed by atoms with Gasteiger partial charge in [0, 0.05) is 26.2 Å². The van der Waals surface area contributed by atoms with Gasteiger partial charge in [-0.1, -0.05) is 6.92 Å². The van der Waals surface area contributed by atoms with E-state index in [0.29, 0.717) is 12.1 Å². The highest BCUT2D eigenvalue weighted by Gasteiger charge is 2.33. The predicted molar refractivity (Wildman–Crippen MR) is 64.4 cm³/mol. The first-order chi connectivity index (χ1) is 7.70. The number of ether oxygens (including phenoxy) is 1.